The lowest BCUT2D eigenvalue weighted by Crippen LogP contribution is -2.25. The molecule has 0 heterocycles. The van der Waals surface area contributed by atoms with Gasteiger partial charge in [0, 0.05) is 24.6 Å². The van der Waals surface area contributed by atoms with Crippen LogP contribution in [0.15, 0.2) is 29.2 Å². The van der Waals surface area contributed by atoms with Gasteiger partial charge in [-0.3, -0.25) is 10.1 Å². The van der Waals surface area contributed by atoms with Crippen LogP contribution in [-0.4, -0.2) is 25.8 Å². The van der Waals surface area contributed by atoms with E-state index in [2.05, 4.69) is 4.72 Å². The number of alkyl halides is 1. The fraction of sp³-hybridized carbons (Fsp3) is 0.250. The monoisotopic (exact) mass is 264 g/mol. The van der Waals surface area contributed by atoms with Crippen molar-refractivity contribution >= 4 is 27.3 Å². The van der Waals surface area contributed by atoms with Gasteiger partial charge in [0.1, 0.15) is 0 Å². The summed E-state index contributed by atoms with van der Waals surface area (Å²) in [5.74, 6) is 0.159. The fourth-order valence-corrected chi connectivity index (χ4v) is 2.24. The summed E-state index contributed by atoms with van der Waals surface area (Å²) >= 11 is 5.35. The predicted molar refractivity (Wildman–Crippen MR) is 59.0 cm³/mol. The molecule has 88 valence electrons. The normalized spacial score (nSPS) is 11.3. The van der Waals surface area contributed by atoms with Gasteiger partial charge in [-0.25, -0.2) is 13.1 Å². The topological polar surface area (TPSA) is 89.3 Å². The summed E-state index contributed by atoms with van der Waals surface area (Å²) in [6, 6.07) is 4.62. The first kappa shape index (κ1) is 12.9. The van der Waals surface area contributed by atoms with Crippen LogP contribution < -0.4 is 4.72 Å². The number of hydrogen-bond donors (Lipinski definition) is 1. The van der Waals surface area contributed by atoms with E-state index in [4.69, 9.17) is 11.6 Å². The van der Waals surface area contributed by atoms with Crippen LogP contribution in [0.25, 0.3) is 0 Å². The summed E-state index contributed by atoms with van der Waals surface area (Å²) in [4.78, 5) is 9.74. The second kappa shape index (κ2) is 5.24. The minimum absolute atomic E-state index is 0.0248. The minimum Gasteiger partial charge on any atom is -0.258 e. The van der Waals surface area contributed by atoms with Crippen LogP contribution in [0.2, 0.25) is 0 Å². The Labute approximate surface area is 97.4 Å². The number of nitro benzene ring substituents is 1. The van der Waals surface area contributed by atoms with Crippen LogP contribution in [0.4, 0.5) is 5.69 Å². The van der Waals surface area contributed by atoms with Crippen molar-refractivity contribution in [2.75, 3.05) is 12.4 Å². The lowest BCUT2D eigenvalue weighted by atomic mass is 10.3. The Morgan fingerprint density at radius 3 is 2.31 bits per heavy atom. The summed E-state index contributed by atoms with van der Waals surface area (Å²) in [5.41, 5.74) is -0.156. The molecule has 1 aromatic rings. The molecule has 0 aliphatic rings. The van der Waals surface area contributed by atoms with Crippen molar-refractivity contribution in [2.24, 2.45) is 0 Å². The van der Waals surface area contributed by atoms with Gasteiger partial charge < -0.3 is 0 Å². The van der Waals surface area contributed by atoms with E-state index < -0.39 is 14.9 Å². The van der Waals surface area contributed by atoms with E-state index in [1.54, 1.807) is 0 Å². The maximum Gasteiger partial charge on any atom is 0.269 e. The van der Waals surface area contributed by atoms with Crippen molar-refractivity contribution < 1.29 is 13.3 Å². The molecule has 6 nitrogen and oxygen atoms in total. The van der Waals surface area contributed by atoms with Gasteiger partial charge in [-0.05, 0) is 12.1 Å². The average Bonchev–Trinajstić information content (AvgIpc) is 2.26. The molecule has 0 aromatic heterocycles. The third kappa shape index (κ3) is 3.16. The Hall–Kier alpha value is -1.18. The van der Waals surface area contributed by atoms with Gasteiger partial charge in [0.2, 0.25) is 10.0 Å². The summed E-state index contributed by atoms with van der Waals surface area (Å²) in [6.07, 6.45) is 0. The molecule has 8 heteroatoms. The van der Waals surface area contributed by atoms with Gasteiger partial charge in [0.25, 0.3) is 5.69 Å². The second-order valence-corrected chi connectivity index (χ2v) is 4.98. The molecule has 0 atom stereocenters. The summed E-state index contributed by atoms with van der Waals surface area (Å²) in [7, 11) is -3.62. The van der Waals surface area contributed by atoms with E-state index in [-0.39, 0.29) is 23.0 Å². The minimum atomic E-state index is -3.62. The highest BCUT2D eigenvalue weighted by Crippen LogP contribution is 2.15. The van der Waals surface area contributed by atoms with Crippen LogP contribution >= 0.6 is 11.6 Å². The Balaban J connectivity index is 2.93. The molecule has 0 aliphatic heterocycles. The molecule has 1 aromatic carbocycles. The van der Waals surface area contributed by atoms with Crippen molar-refractivity contribution in [2.45, 2.75) is 4.90 Å². The highest BCUT2D eigenvalue weighted by molar-refractivity contribution is 7.89. The van der Waals surface area contributed by atoms with E-state index in [9.17, 15) is 18.5 Å². The number of hydrogen-bond acceptors (Lipinski definition) is 4. The Morgan fingerprint density at radius 1 is 1.31 bits per heavy atom. The molecule has 0 saturated heterocycles. The molecular formula is C8H9ClN2O4S. The standard InChI is InChI=1S/C8H9ClN2O4S/c9-5-6-10-16(14,15)8-3-1-7(2-4-8)11(12)13/h1-4,10H,5-6H2. The highest BCUT2D eigenvalue weighted by atomic mass is 35.5. The van der Waals surface area contributed by atoms with Crippen molar-refractivity contribution in [3.05, 3.63) is 34.4 Å². The lowest BCUT2D eigenvalue weighted by Gasteiger charge is -2.04. The summed E-state index contributed by atoms with van der Waals surface area (Å²) in [6.45, 7) is 0.112. The Kier molecular flexibility index (Phi) is 4.22. The second-order valence-electron chi connectivity index (χ2n) is 2.84. The molecule has 0 aliphatic carbocycles. The van der Waals surface area contributed by atoms with E-state index in [0.717, 1.165) is 12.1 Å². The van der Waals surface area contributed by atoms with Crippen molar-refractivity contribution in [1.82, 2.24) is 4.72 Å². The number of halogens is 1. The summed E-state index contributed by atoms with van der Waals surface area (Å²) in [5, 5.41) is 10.4. The maximum absolute atomic E-state index is 11.5. The third-order valence-corrected chi connectivity index (χ3v) is 3.41. The largest absolute Gasteiger partial charge is 0.269 e. The molecule has 0 spiro atoms. The van der Waals surface area contributed by atoms with E-state index in [0.29, 0.717) is 0 Å². The van der Waals surface area contributed by atoms with Crippen molar-refractivity contribution in [1.29, 1.82) is 0 Å². The van der Waals surface area contributed by atoms with E-state index in [1.165, 1.54) is 12.1 Å². The molecule has 0 unspecified atom stereocenters. The van der Waals surface area contributed by atoms with Gasteiger partial charge >= 0.3 is 0 Å². The Bertz CT molecular complexity index is 471. The SMILES string of the molecule is O=[N+]([O-])c1ccc(S(=O)(=O)NCCCl)cc1. The van der Waals surface area contributed by atoms with Gasteiger partial charge in [0.15, 0.2) is 0 Å². The van der Waals surface area contributed by atoms with Crippen LogP contribution in [-0.2, 0) is 10.0 Å². The highest BCUT2D eigenvalue weighted by Gasteiger charge is 2.14. The molecule has 0 amide bonds. The maximum atomic E-state index is 11.5. The molecule has 0 fully saturated rings. The molecule has 0 radical (unpaired) electrons. The van der Waals surface area contributed by atoms with Crippen LogP contribution in [0.5, 0.6) is 0 Å². The predicted octanol–water partition coefficient (Wildman–Crippen LogP) is 1.11. The number of rotatable bonds is 5. The third-order valence-electron chi connectivity index (χ3n) is 1.74. The van der Waals surface area contributed by atoms with Crippen LogP contribution in [0.3, 0.4) is 0 Å². The van der Waals surface area contributed by atoms with Crippen molar-refractivity contribution in [3.8, 4) is 0 Å². The number of benzene rings is 1. The van der Waals surface area contributed by atoms with Gasteiger partial charge in [-0.15, -0.1) is 11.6 Å². The summed E-state index contributed by atoms with van der Waals surface area (Å²) < 4.78 is 25.3. The van der Waals surface area contributed by atoms with E-state index in [1.807, 2.05) is 0 Å². The molecule has 1 rings (SSSR count). The number of non-ortho nitro benzene ring substituents is 1. The number of sulfonamides is 1. The zero-order valence-electron chi connectivity index (χ0n) is 8.09. The number of nitro groups is 1. The van der Waals surface area contributed by atoms with Gasteiger partial charge in [-0.2, -0.15) is 0 Å². The zero-order chi connectivity index (χ0) is 12.2. The van der Waals surface area contributed by atoms with Crippen molar-refractivity contribution in [3.63, 3.8) is 0 Å². The first-order chi connectivity index (χ1) is 7.47. The van der Waals surface area contributed by atoms with Crippen LogP contribution in [0, 0.1) is 10.1 Å². The first-order valence-electron chi connectivity index (χ1n) is 4.27. The smallest absolute Gasteiger partial charge is 0.258 e. The van der Waals surface area contributed by atoms with Gasteiger partial charge in [0.05, 0.1) is 9.82 Å². The van der Waals surface area contributed by atoms with Crippen LogP contribution in [0.1, 0.15) is 0 Å². The molecule has 0 bridgehead atoms. The lowest BCUT2D eigenvalue weighted by molar-refractivity contribution is -0.384. The number of nitrogens with zero attached hydrogens (tertiary/aromatic N) is 1. The number of nitrogens with one attached hydrogen (secondary N) is 1. The average molecular weight is 265 g/mol. The fourth-order valence-electron chi connectivity index (χ4n) is 1.00. The van der Waals surface area contributed by atoms with Gasteiger partial charge in [-0.1, -0.05) is 0 Å². The Morgan fingerprint density at radius 2 is 1.88 bits per heavy atom. The molecule has 0 saturated carbocycles. The molecular weight excluding hydrogens is 256 g/mol. The quantitative estimate of drug-likeness (QED) is 0.490. The van der Waals surface area contributed by atoms with E-state index >= 15 is 0 Å². The first-order valence-corrected chi connectivity index (χ1v) is 6.29. The zero-order valence-corrected chi connectivity index (χ0v) is 9.66. The molecule has 1 N–H and O–H groups in total. The molecule has 16 heavy (non-hydrogen) atoms.